The maximum absolute atomic E-state index is 13.7. The molecular weight excluding hydrogens is 444 g/mol. The van der Waals surface area contributed by atoms with E-state index in [1.165, 1.54) is 0 Å². The number of nitrogens with one attached hydrogen (secondary N) is 3. The zero-order valence-electron chi connectivity index (χ0n) is 21.5. The normalized spacial score (nSPS) is 27.5. The lowest BCUT2D eigenvalue weighted by Gasteiger charge is -2.34. The average molecular weight is 485 g/mol. The smallest absolute Gasteiger partial charge is 0.247 e. The molecule has 2 bridgehead atoms. The molecule has 5 atom stereocenters. The van der Waals surface area contributed by atoms with Gasteiger partial charge in [0.15, 0.2) is 0 Å². The SMILES string of the molecule is CCC(C)C1Oc2ccc(cc2)/C=C\NC(=O)C(CC(C)C)NC(=O)C1NC(=O)C1CCCN1C. The van der Waals surface area contributed by atoms with Crippen LogP contribution in [0, 0.1) is 11.8 Å². The number of ether oxygens (including phenoxy) is 1. The van der Waals surface area contributed by atoms with Crippen molar-refractivity contribution in [1.29, 1.82) is 0 Å². The fraction of sp³-hybridized carbons (Fsp3) is 0.593. The summed E-state index contributed by atoms with van der Waals surface area (Å²) in [6.45, 7) is 8.89. The van der Waals surface area contributed by atoms with Gasteiger partial charge in [0.05, 0.1) is 6.04 Å². The molecule has 5 unspecified atom stereocenters. The number of carbonyl (C=O) groups excluding carboxylic acids is 3. The van der Waals surface area contributed by atoms with E-state index in [1.807, 2.05) is 63.9 Å². The second-order valence-electron chi connectivity index (χ2n) is 10.2. The number of amides is 3. The Bertz CT molecular complexity index is 914. The number of likely N-dealkylation sites (tertiary alicyclic amines) is 1. The van der Waals surface area contributed by atoms with Gasteiger partial charge >= 0.3 is 0 Å². The maximum Gasteiger partial charge on any atom is 0.247 e. The second kappa shape index (κ2) is 12.2. The molecule has 4 rings (SSSR count). The van der Waals surface area contributed by atoms with Crippen molar-refractivity contribution in [3.8, 4) is 5.75 Å². The van der Waals surface area contributed by atoms with E-state index in [4.69, 9.17) is 4.74 Å². The molecule has 3 aliphatic heterocycles. The fourth-order valence-electron chi connectivity index (χ4n) is 4.63. The van der Waals surface area contributed by atoms with E-state index >= 15 is 0 Å². The number of hydrogen-bond acceptors (Lipinski definition) is 5. The van der Waals surface area contributed by atoms with Gasteiger partial charge in [-0.3, -0.25) is 19.3 Å². The van der Waals surface area contributed by atoms with E-state index in [0.717, 1.165) is 31.4 Å². The zero-order valence-corrected chi connectivity index (χ0v) is 21.5. The van der Waals surface area contributed by atoms with Crippen molar-refractivity contribution in [1.82, 2.24) is 20.9 Å². The van der Waals surface area contributed by atoms with Gasteiger partial charge in [-0.2, -0.15) is 0 Å². The maximum atomic E-state index is 13.7. The van der Waals surface area contributed by atoms with Crippen LogP contribution in [0.4, 0.5) is 0 Å². The van der Waals surface area contributed by atoms with Crippen LogP contribution in [0.25, 0.3) is 6.08 Å². The monoisotopic (exact) mass is 484 g/mol. The first-order chi connectivity index (χ1) is 16.7. The largest absolute Gasteiger partial charge is 0.487 e. The van der Waals surface area contributed by atoms with E-state index < -0.39 is 24.1 Å². The van der Waals surface area contributed by atoms with Gasteiger partial charge in [-0.15, -0.1) is 0 Å². The van der Waals surface area contributed by atoms with Crippen molar-refractivity contribution >= 4 is 23.8 Å². The van der Waals surface area contributed by atoms with Crippen LogP contribution in [-0.4, -0.2) is 60.4 Å². The van der Waals surface area contributed by atoms with E-state index in [1.54, 1.807) is 12.3 Å². The Kier molecular flexibility index (Phi) is 9.32. The van der Waals surface area contributed by atoms with Crippen molar-refractivity contribution in [3.05, 3.63) is 36.0 Å². The van der Waals surface area contributed by atoms with E-state index in [0.29, 0.717) is 12.2 Å². The highest BCUT2D eigenvalue weighted by atomic mass is 16.5. The van der Waals surface area contributed by atoms with Crippen LogP contribution >= 0.6 is 0 Å². The molecule has 0 aromatic heterocycles. The molecular formula is C27H40N4O4. The van der Waals surface area contributed by atoms with Crippen LogP contribution in [0.15, 0.2) is 30.5 Å². The minimum absolute atomic E-state index is 0.0304. The Morgan fingerprint density at radius 1 is 1.17 bits per heavy atom. The van der Waals surface area contributed by atoms with Gasteiger partial charge < -0.3 is 20.7 Å². The minimum Gasteiger partial charge on any atom is -0.487 e. The number of benzene rings is 1. The van der Waals surface area contributed by atoms with Crippen molar-refractivity contribution in [2.45, 2.75) is 77.6 Å². The molecule has 8 nitrogen and oxygen atoms in total. The molecule has 1 aromatic carbocycles. The zero-order chi connectivity index (χ0) is 25.5. The van der Waals surface area contributed by atoms with Gasteiger partial charge in [-0.1, -0.05) is 39.8 Å². The molecule has 0 spiro atoms. The summed E-state index contributed by atoms with van der Waals surface area (Å²) in [4.78, 5) is 42.0. The lowest BCUT2D eigenvalue weighted by Crippen LogP contribution is -2.61. The van der Waals surface area contributed by atoms with Crippen LogP contribution < -0.4 is 20.7 Å². The van der Waals surface area contributed by atoms with Gasteiger partial charge in [0.25, 0.3) is 0 Å². The van der Waals surface area contributed by atoms with E-state index in [-0.39, 0.29) is 29.7 Å². The lowest BCUT2D eigenvalue weighted by molar-refractivity contribution is -0.136. The van der Waals surface area contributed by atoms with Crippen molar-refractivity contribution in [3.63, 3.8) is 0 Å². The first-order valence-electron chi connectivity index (χ1n) is 12.7. The van der Waals surface area contributed by atoms with Crippen molar-refractivity contribution < 1.29 is 19.1 Å². The minimum atomic E-state index is -0.952. The summed E-state index contributed by atoms with van der Waals surface area (Å²) >= 11 is 0. The summed E-state index contributed by atoms with van der Waals surface area (Å²) in [5.41, 5.74) is 0.911. The van der Waals surface area contributed by atoms with Crippen LogP contribution in [0.5, 0.6) is 5.75 Å². The Balaban J connectivity index is 1.99. The third-order valence-electron chi connectivity index (χ3n) is 6.93. The highest BCUT2D eigenvalue weighted by Crippen LogP contribution is 2.23. The van der Waals surface area contributed by atoms with Crippen LogP contribution in [0.3, 0.4) is 0 Å². The number of nitrogens with zero attached hydrogens (tertiary/aromatic N) is 1. The van der Waals surface area contributed by atoms with Gasteiger partial charge in [-0.25, -0.2) is 0 Å². The summed E-state index contributed by atoms with van der Waals surface area (Å²) in [6, 6.07) is 5.49. The molecule has 0 saturated carbocycles. The summed E-state index contributed by atoms with van der Waals surface area (Å²) in [7, 11) is 1.92. The fourth-order valence-corrected chi connectivity index (χ4v) is 4.63. The van der Waals surface area contributed by atoms with E-state index in [2.05, 4.69) is 16.0 Å². The van der Waals surface area contributed by atoms with Gasteiger partial charge in [0.2, 0.25) is 17.7 Å². The summed E-state index contributed by atoms with van der Waals surface area (Å²) in [5.74, 6) is -0.121. The van der Waals surface area contributed by atoms with Crippen LogP contribution in [0.1, 0.15) is 58.9 Å². The summed E-state index contributed by atoms with van der Waals surface area (Å²) in [5, 5.41) is 8.71. The molecule has 192 valence electrons. The molecule has 8 heteroatoms. The molecule has 35 heavy (non-hydrogen) atoms. The molecule has 3 heterocycles. The lowest BCUT2D eigenvalue weighted by atomic mass is 9.93. The summed E-state index contributed by atoms with van der Waals surface area (Å²) < 4.78 is 6.37. The Hall–Kier alpha value is -2.87. The second-order valence-corrected chi connectivity index (χ2v) is 10.2. The average Bonchev–Trinajstić information content (AvgIpc) is 3.26. The molecule has 3 amide bonds. The van der Waals surface area contributed by atoms with E-state index in [9.17, 15) is 14.4 Å². The highest BCUT2D eigenvalue weighted by Gasteiger charge is 2.39. The Morgan fingerprint density at radius 2 is 1.89 bits per heavy atom. The highest BCUT2D eigenvalue weighted by molar-refractivity contribution is 5.94. The summed E-state index contributed by atoms with van der Waals surface area (Å²) in [6.07, 6.45) is 5.69. The quantitative estimate of drug-likeness (QED) is 0.577. The first kappa shape index (κ1) is 26.7. The molecule has 1 aromatic rings. The Morgan fingerprint density at radius 3 is 2.49 bits per heavy atom. The molecule has 0 aliphatic carbocycles. The third-order valence-corrected chi connectivity index (χ3v) is 6.93. The van der Waals surface area contributed by atoms with Gasteiger partial charge in [0, 0.05) is 6.20 Å². The van der Waals surface area contributed by atoms with Crippen molar-refractivity contribution in [2.24, 2.45) is 11.8 Å². The van der Waals surface area contributed by atoms with Gasteiger partial charge in [0.1, 0.15) is 23.9 Å². The molecule has 3 N–H and O–H groups in total. The van der Waals surface area contributed by atoms with Crippen molar-refractivity contribution in [2.75, 3.05) is 13.6 Å². The topological polar surface area (TPSA) is 99.8 Å². The Labute approximate surface area is 208 Å². The third kappa shape index (κ3) is 7.07. The van der Waals surface area contributed by atoms with Gasteiger partial charge in [-0.05, 0) is 74.9 Å². The number of fused-ring (bicyclic) bond motifs is 10. The number of likely N-dealkylation sites (N-methyl/N-ethyl adjacent to an activating group) is 1. The molecule has 1 saturated heterocycles. The first-order valence-corrected chi connectivity index (χ1v) is 12.7. The predicted molar refractivity (Wildman–Crippen MR) is 136 cm³/mol. The predicted octanol–water partition coefficient (Wildman–Crippen LogP) is 2.69. The molecule has 3 aliphatic rings. The molecule has 1 fully saturated rings. The number of hydrogen-bond donors (Lipinski definition) is 3. The molecule has 0 radical (unpaired) electrons. The van der Waals surface area contributed by atoms with Crippen LogP contribution in [-0.2, 0) is 14.4 Å². The number of rotatable bonds is 6. The van der Waals surface area contributed by atoms with Crippen LogP contribution in [0.2, 0.25) is 0 Å². The number of carbonyl (C=O) groups is 3. The standard InChI is InChI=1S/C27H40N4O4/c1-6-18(4)24-23(30-26(33)22-8-7-15-31(22)5)27(34)29-21(16-17(2)3)25(32)28-14-13-19-9-11-20(35-24)12-10-19/h9-14,17-18,21-24H,6-8,15-16H2,1-5H3,(H,28,32)(H,29,34)(H,30,33)/b14-13-.